The number of aliphatic hydroxyl groups is 1. The van der Waals surface area contributed by atoms with Gasteiger partial charge in [-0.15, -0.1) is 0 Å². The summed E-state index contributed by atoms with van der Waals surface area (Å²) in [5.41, 5.74) is 6.60. The van der Waals surface area contributed by atoms with Crippen molar-refractivity contribution in [1.29, 1.82) is 0 Å². The van der Waals surface area contributed by atoms with Gasteiger partial charge in [-0.25, -0.2) is 0 Å². The lowest BCUT2D eigenvalue weighted by Gasteiger charge is -2.19. The Bertz CT molecular complexity index is 341. The largest absolute Gasteiger partial charge is 0.394 e. The summed E-state index contributed by atoms with van der Waals surface area (Å²) < 4.78 is 0. The van der Waals surface area contributed by atoms with Gasteiger partial charge in [0.1, 0.15) is 0 Å². The van der Waals surface area contributed by atoms with Gasteiger partial charge in [-0.3, -0.25) is 4.79 Å². The van der Waals surface area contributed by atoms with Gasteiger partial charge in [-0.2, -0.15) is 0 Å². The first-order valence-electron chi connectivity index (χ1n) is 5.90. The normalized spacial score (nSPS) is 14.1. The van der Waals surface area contributed by atoms with Gasteiger partial charge in [0, 0.05) is 0 Å². The van der Waals surface area contributed by atoms with E-state index >= 15 is 0 Å². The molecular weight excluding hydrogens is 216 g/mol. The van der Waals surface area contributed by atoms with Crippen molar-refractivity contribution in [2.45, 2.75) is 31.8 Å². The van der Waals surface area contributed by atoms with Crippen LogP contribution in [0.1, 0.15) is 31.4 Å². The number of nitrogens with one attached hydrogen (secondary N) is 1. The van der Waals surface area contributed by atoms with Gasteiger partial charge >= 0.3 is 0 Å². The van der Waals surface area contributed by atoms with Crippen LogP contribution in [0.15, 0.2) is 30.3 Å². The second-order valence-corrected chi connectivity index (χ2v) is 4.05. The van der Waals surface area contributed by atoms with Crippen molar-refractivity contribution in [3.8, 4) is 0 Å². The Morgan fingerprint density at radius 2 is 2.06 bits per heavy atom. The van der Waals surface area contributed by atoms with Crippen LogP contribution >= 0.6 is 0 Å². The Hall–Kier alpha value is -1.39. The van der Waals surface area contributed by atoms with E-state index in [2.05, 4.69) is 5.32 Å². The molecule has 0 aliphatic carbocycles. The molecule has 0 heterocycles. The molecule has 0 spiro atoms. The predicted molar refractivity (Wildman–Crippen MR) is 67.3 cm³/mol. The molecule has 94 valence electrons. The molecule has 0 saturated heterocycles. The summed E-state index contributed by atoms with van der Waals surface area (Å²) in [4.78, 5) is 11.7. The fourth-order valence-corrected chi connectivity index (χ4v) is 1.64. The molecule has 1 unspecified atom stereocenters. The quantitative estimate of drug-likeness (QED) is 0.688. The second kappa shape index (κ2) is 7.04. The minimum absolute atomic E-state index is 0.130. The zero-order chi connectivity index (χ0) is 12.7. The van der Waals surface area contributed by atoms with Crippen molar-refractivity contribution in [2.75, 3.05) is 6.61 Å². The third-order valence-corrected chi connectivity index (χ3v) is 2.64. The highest BCUT2D eigenvalue weighted by Gasteiger charge is 2.17. The van der Waals surface area contributed by atoms with Crippen molar-refractivity contribution < 1.29 is 9.90 Å². The van der Waals surface area contributed by atoms with Gasteiger partial charge in [0.15, 0.2) is 0 Å². The summed E-state index contributed by atoms with van der Waals surface area (Å²) in [6.45, 7) is 1.85. The molecule has 0 aliphatic rings. The maximum atomic E-state index is 11.7. The lowest BCUT2D eigenvalue weighted by atomic mass is 10.1. The molecule has 4 nitrogen and oxygen atoms in total. The van der Waals surface area contributed by atoms with Crippen LogP contribution in [0.2, 0.25) is 0 Å². The summed E-state index contributed by atoms with van der Waals surface area (Å²) in [6, 6.07) is 8.48. The van der Waals surface area contributed by atoms with E-state index in [0.29, 0.717) is 6.42 Å². The minimum Gasteiger partial charge on any atom is -0.394 e. The second-order valence-electron chi connectivity index (χ2n) is 4.05. The van der Waals surface area contributed by atoms with E-state index in [1.807, 2.05) is 37.3 Å². The molecular formula is C13H20N2O2. The van der Waals surface area contributed by atoms with Crippen LogP contribution in [0.3, 0.4) is 0 Å². The highest BCUT2D eigenvalue weighted by Crippen LogP contribution is 2.11. The molecule has 17 heavy (non-hydrogen) atoms. The summed E-state index contributed by atoms with van der Waals surface area (Å²) in [7, 11) is 0. The van der Waals surface area contributed by atoms with Crippen molar-refractivity contribution in [3.05, 3.63) is 35.9 Å². The van der Waals surface area contributed by atoms with Gasteiger partial charge in [-0.05, 0) is 12.0 Å². The van der Waals surface area contributed by atoms with Crippen molar-refractivity contribution in [2.24, 2.45) is 5.73 Å². The first kappa shape index (κ1) is 13.7. The zero-order valence-electron chi connectivity index (χ0n) is 10.1. The van der Waals surface area contributed by atoms with E-state index in [4.69, 9.17) is 5.73 Å². The van der Waals surface area contributed by atoms with Crippen molar-refractivity contribution >= 4 is 5.91 Å². The van der Waals surface area contributed by atoms with Gasteiger partial charge in [0.25, 0.3) is 0 Å². The van der Waals surface area contributed by atoms with Gasteiger partial charge in [-0.1, -0.05) is 43.7 Å². The smallest absolute Gasteiger partial charge is 0.237 e. The number of aliphatic hydroxyl groups excluding tert-OH is 1. The van der Waals surface area contributed by atoms with Crippen LogP contribution in [-0.4, -0.2) is 23.7 Å². The fourth-order valence-electron chi connectivity index (χ4n) is 1.64. The van der Waals surface area contributed by atoms with Crippen molar-refractivity contribution in [3.63, 3.8) is 0 Å². The summed E-state index contributed by atoms with van der Waals surface area (Å²) in [5.74, 6) is -0.213. The maximum absolute atomic E-state index is 11.7. The summed E-state index contributed by atoms with van der Waals surface area (Å²) in [5, 5.41) is 12.0. The molecule has 2 atom stereocenters. The van der Waals surface area contributed by atoms with Crippen LogP contribution in [-0.2, 0) is 4.79 Å². The number of amides is 1. The molecule has 0 radical (unpaired) electrons. The van der Waals surface area contributed by atoms with Crippen LogP contribution in [0.4, 0.5) is 0 Å². The molecule has 4 heteroatoms. The van der Waals surface area contributed by atoms with Crippen molar-refractivity contribution in [1.82, 2.24) is 5.32 Å². The van der Waals surface area contributed by atoms with Gasteiger partial charge < -0.3 is 16.2 Å². The molecule has 1 rings (SSSR count). The average Bonchev–Trinajstić information content (AvgIpc) is 2.37. The molecule has 1 aromatic carbocycles. The number of nitrogens with two attached hydrogens (primary N) is 1. The first-order valence-corrected chi connectivity index (χ1v) is 5.90. The molecule has 4 N–H and O–H groups in total. The number of hydrogen-bond donors (Lipinski definition) is 3. The third kappa shape index (κ3) is 4.17. The van der Waals surface area contributed by atoms with E-state index in [1.165, 1.54) is 0 Å². The SMILES string of the molecule is CCC[C@@H](N)C(=O)NC(CO)c1ccccc1. The fraction of sp³-hybridized carbons (Fsp3) is 0.462. The number of carbonyl (C=O) groups excluding carboxylic acids is 1. The standard InChI is InChI=1S/C13H20N2O2/c1-2-6-11(14)13(17)15-12(9-16)10-7-4-3-5-8-10/h3-5,7-8,11-12,16H,2,6,9,14H2,1H3,(H,15,17)/t11-,12?/m1/s1. The summed E-state index contributed by atoms with van der Waals surface area (Å²) in [6.07, 6.45) is 1.52. The van der Waals surface area contributed by atoms with Gasteiger partial charge in [0.05, 0.1) is 18.7 Å². The predicted octanol–water partition coefficient (Wildman–Crippen LogP) is 0.964. The molecule has 0 aliphatic heterocycles. The number of hydrogen-bond acceptors (Lipinski definition) is 3. The maximum Gasteiger partial charge on any atom is 0.237 e. The topological polar surface area (TPSA) is 75.4 Å². The Morgan fingerprint density at radius 1 is 1.41 bits per heavy atom. The molecule has 0 saturated carbocycles. The zero-order valence-corrected chi connectivity index (χ0v) is 10.1. The van der Waals surface area contributed by atoms with Crippen LogP contribution < -0.4 is 11.1 Å². The monoisotopic (exact) mass is 236 g/mol. The first-order chi connectivity index (χ1) is 8.19. The average molecular weight is 236 g/mol. The van der Waals surface area contributed by atoms with E-state index < -0.39 is 6.04 Å². The molecule has 0 fully saturated rings. The lowest BCUT2D eigenvalue weighted by molar-refractivity contribution is -0.123. The van der Waals surface area contributed by atoms with Crippen LogP contribution in [0, 0.1) is 0 Å². The number of carbonyl (C=O) groups is 1. The Morgan fingerprint density at radius 3 is 2.59 bits per heavy atom. The Balaban J connectivity index is 2.62. The molecule has 1 amide bonds. The molecule has 0 bridgehead atoms. The molecule has 0 aromatic heterocycles. The number of benzene rings is 1. The highest BCUT2D eigenvalue weighted by atomic mass is 16.3. The van der Waals surface area contributed by atoms with E-state index in [-0.39, 0.29) is 18.6 Å². The minimum atomic E-state index is -0.502. The third-order valence-electron chi connectivity index (χ3n) is 2.64. The van der Waals surface area contributed by atoms with Gasteiger partial charge in [0.2, 0.25) is 5.91 Å². The summed E-state index contributed by atoms with van der Waals surface area (Å²) >= 11 is 0. The number of rotatable bonds is 6. The van der Waals surface area contributed by atoms with E-state index in [9.17, 15) is 9.90 Å². The van der Waals surface area contributed by atoms with Crippen LogP contribution in [0.25, 0.3) is 0 Å². The lowest BCUT2D eigenvalue weighted by Crippen LogP contribution is -2.43. The Kier molecular flexibility index (Phi) is 5.66. The van der Waals surface area contributed by atoms with E-state index in [0.717, 1.165) is 12.0 Å². The Labute approximate surface area is 102 Å². The molecule has 1 aromatic rings. The highest BCUT2D eigenvalue weighted by molar-refractivity contribution is 5.81. The van der Waals surface area contributed by atoms with E-state index in [1.54, 1.807) is 0 Å². The van der Waals surface area contributed by atoms with Crippen LogP contribution in [0.5, 0.6) is 0 Å².